The number of thiophene rings is 1. The quantitative estimate of drug-likeness (QED) is 0.504. The van der Waals surface area contributed by atoms with E-state index in [0.29, 0.717) is 22.9 Å². The Balaban J connectivity index is 1.44. The number of benzene rings is 2. The molecular weight excluding hydrogens is 350 g/mol. The van der Waals surface area contributed by atoms with Gasteiger partial charge in [0, 0.05) is 5.69 Å². The fraction of sp³-hybridized carbons (Fsp3) is 0.100. The van der Waals surface area contributed by atoms with Crippen LogP contribution in [-0.4, -0.2) is 18.5 Å². The summed E-state index contributed by atoms with van der Waals surface area (Å²) < 4.78 is 10.6. The van der Waals surface area contributed by atoms with Crippen LogP contribution in [0.5, 0.6) is 5.75 Å². The van der Waals surface area contributed by atoms with Gasteiger partial charge in [0.1, 0.15) is 12.4 Å². The average Bonchev–Trinajstić information content (AvgIpc) is 3.19. The maximum atomic E-state index is 12.0. The van der Waals surface area contributed by atoms with Gasteiger partial charge < -0.3 is 14.8 Å². The summed E-state index contributed by atoms with van der Waals surface area (Å²) in [5.74, 6) is -0.247. The zero-order valence-corrected chi connectivity index (χ0v) is 14.7. The van der Waals surface area contributed by atoms with Crippen molar-refractivity contribution in [1.82, 2.24) is 0 Å². The maximum absolute atomic E-state index is 12.0. The smallest absolute Gasteiger partial charge is 0.337 e. The lowest BCUT2D eigenvalue weighted by molar-refractivity contribution is -0.139. The second-order valence-electron chi connectivity index (χ2n) is 5.41. The average molecular weight is 367 g/mol. The van der Waals surface area contributed by atoms with E-state index in [9.17, 15) is 9.59 Å². The minimum Gasteiger partial charge on any atom is -0.425 e. The molecule has 0 unspecified atom stereocenters. The van der Waals surface area contributed by atoms with Crippen LogP contribution in [0.15, 0.2) is 72.1 Å². The van der Waals surface area contributed by atoms with Crippen LogP contribution in [-0.2, 0) is 16.1 Å². The van der Waals surface area contributed by atoms with Gasteiger partial charge in [0.2, 0.25) is 0 Å². The van der Waals surface area contributed by atoms with Crippen LogP contribution in [0.25, 0.3) is 0 Å². The molecule has 3 rings (SSSR count). The molecule has 132 valence electrons. The number of esters is 1. The number of anilines is 1. The molecule has 0 aliphatic carbocycles. The van der Waals surface area contributed by atoms with Crippen molar-refractivity contribution in [1.29, 1.82) is 0 Å². The molecule has 0 aliphatic rings. The van der Waals surface area contributed by atoms with Gasteiger partial charge in [0.05, 0.1) is 11.5 Å². The first kappa shape index (κ1) is 17.8. The molecule has 2 aromatic carbocycles. The molecule has 1 heterocycles. The summed E-state index contributed by atoms with van der Waals surface area (Å²) in [6, 6.07) is 19.8. The van der Waals surface area contributed by atoms with E-state index in [1.807, 2.05) is 41.8 Å². The normalized spacial score (nSPS) is 10.3. The second-order valence-corrected chi connectivity index (χ2v) is 6.36. The van der Waals surface area contributed by atoms with Crippen LogP contribution in [0.1, 0.15) is 15.2 Å². The Hall–Kier alpha value is -2.96. The standard InChI is InChI=1S/C20H17NO4S/c22-19(14-24-13-15-5-2-1-3-6-15)25-17-10-8-16(9-11-17)21-20(23)18-7-4-12-26-18/h1-12H,13-14H2,(H,21,23). The molecule has 26 heavy (non-hydrogen) atoms. The van der Waals surface area contributed by atoms with Crippen molar-refractivity contribution in [3.05, 3.63) is 82.6 Å². The van der Waals surface area contributed by atoms with Crippen molar-refractivity contribution in [2.45, 2.75) is 6.61 Å². The van der Waals surface area contributed by atoms with Crippen molar-refractivity contribution in [3.63, 3.8) is 0 Å². The third kappa shape index (κ3) is 5.27. The molecule has 0 saturated heterocycles. The van der Waals surface area contributed by atoms with Crippen LogP contribution in [0.3, 0.4) is 0 Å². The summed E-state index contributed by atoms with van der Waals surface area (Å²) in [6.45, 7) is 0.218. The van der Waals surface area contributed by atoms with Gasteiger partial charge in [0.25, 0.3) is 5.91 Å². The first-order chi connectivity index (χ1) is 12.7. The van der Waals surface area contributed by atoms with E-state index < -0.39 is 5.97 Å². The highest BCUT2D eigenvalue weighted by atomic mass is 32.1. The van der Waals surface area contributed by atoms with Crippen LogP contribution in [0.2, 0.25) is 0 Å². The summed E-state index contributed by atoms with van der Waals surface area (Å²) in [4.78, 5) is 24.4. The number of hydrogen-bond donors (Lipinski definition) is 1. The molecule has 1 aromatic heterocycles. The Morgan fingerprint density at radius 3 is 2.38 bits per heavy atom. The predicted octanol–water partition coefficient (Wildman–Crippen LogP) is 4.12. The maximum Gasteiger partial charge on any atom is 0.337 e. The van der Waals surface area contributed by atoms with E-state index in [2.05, 4.69) is 5.32 Å². The van der Waals surface area contributed by atoms with E-state index in [1.54, 1.807) is 30.3 Å². The van der Waals surface area contributed by atoms with Gasteiger partial charge in [-0.2, -0.15) is 0 Å². The number of carbonyl (C=O) groups is 2. The molecule has 0 spiro atoms. The summed E-state index contributed by atoms with van der Waals surface area (Å²) in [6.07, 6.45) is 0. The minimum absolute atomic E-state index is 0.133. The number of rotatable bonds is 7. The van der Waals surface area contributed by atoms with Crippen molar-refractivity contribution in [2.24, 2.45) is 0 Å². The molecule has 0 aliphatic heterocycles. The molecule has 0 bridgehead atoms. The molecular formula is C20H17NO4S. The third-order valence-electron chi connectivity index (χ3n) is 3.42. The highest BCUT2D eigenvalue weighted by molar-refractivity contribution is 7.12. The Kier molecular flexibility index (Phi) is 6.14. The summed E-state index contributed by atoms with van der Waals surface area (Å²) in [5.41, 5.74) is 1.62. The Morgan fingerprint density at radius 2 is 1.69 bits per heavy atom. The van der Waals surface area contributed by atoms with E-state index >= 15 is 0 Å². The van der Waals surface area contributed by atoms with Crippen LogP contribution >= 0.6 is 11.3 Å². The van der Waals surface area contributed by atoms with Crippen LogP contribution in [0.4, 0.5) is 5.69 Å². The van der Waals surface area contributed by atoms with Crippen LogP contribution < -0.4 is 10.1 Å². The van der Waals surface area contributed by atoms with Crippen molar-refractivity contribution >= 4 is 28.9 Å². The van der Waals surface area contributed by atoms with Gasteiger partial charge in [-0.05, 0) is 41.3 Å². The monoisotopic (exact) mass is 367 g/mol. The van der Waals surface area contributed by atoms with E-state index in [4.69, 9.17) is 9.47 Å². The van der Waals surface area contributed by atoms with Gasteiger partial charge in [-0.15, -0.1) is 11.3 Å². The Morgan fingerprint density at radius 1 is 0.923 bits per heavy atom. The van der Waals surface area contributed by atoms with E-state index in [1.165, 1.54) is 11.3 Å². The minimum atomic E-state index is -0.476. The van der Waals surface area contributed by atoms with Crippen molar-refractivity contribution in [3.8, 4) is 5.75 Å². The predicted molar refractivity (Wildman–Crippen MR) is 100 cm³/mol. The fourth-order valence-electron chi connectivity index (χ4n) is 2.19. The molecule has 0 fully saturated rings. The fourth-order valence-corrected chi connectivity index (χ4v) is 2.81. The molecule has 5 nitrogen and oxygen atoms in total. The lowest BCUT2D eigenvalue weighted by Gasteiger charge is -2.07. The van der Waals surface area contributed by atoms with Gasteiger partial charge in [-0.25, -0.2) is 4.79 Å². The lowest BCUT2D eigenvalue weighted by atomic mass is 10.2. The SMILES string of the molecule is O=C(COCc1ccccc1)Oc1ccc(NC(=O)c2cccs2)cc1. The van der Waals surface area contributed by atoms with Crippen molar-refractivity contribution < 1.29 is 19.1 Å². The Labute approximate surface area is 155 Å². The number of nitrogens with one attached hydrogen (secondary N) is 1. The summed E-state index contributed by atoms with van der Waals surface area (Å²) in [5, 5.41) is 4.63. The summed E-state index contributed by atoms with van der Waals surface area (Å²) in [7, 11) is 0. The van der Waals surface area contributed by atoms with Gasteiger partial charge >= 0.3 is 5.97 Å². The van der Waals surface area contributed by atoms with E-state index in [-0.39, 0.29) is 12.5 Å². The largest absolute Gasteiger partial charge is 0.425 e. The number of carbonyl (C=O) groups excluding carboxylic acids is 2. The molecule has 0 radical (unpaired) electrons. The van der Waals surface area contributed by atoms with Gasteiger partial charge in [-0.3, -0.25) is 4.79 Å². The highest BCUT2D eigenvalue weighted by Crippen LogP contribution is 2.18. The number of hydrogen-bond acceptors (Lipinski definition) is 5. The van der Waals surface area contributed by atoms with Crippen molar-refractivity contribution in [2.75, 3.05) is 11.9 Å². The first-order valence-corrected chi connectivity index (χ1v) is 8.86. The molecule has 0 saturated carbocycles. The zero-order chi connectivity index (χ0) is 18.2. The summed E-state index contributed by atoms with van der Waals surface area (Å²) >= 11 is 1.37. The molecule has 1 amide bonds. The first-order valence-electron chi connectivity index (χ1n) is 7.98. The van der Waals surface area contributed by atoms with E-state index in [0.717, 1.165) is 5.56 Å². The van der Waals surface area contributed by atoms with Crippen LogP contribution in [0, 0.1) is 0 Å². The van der Waals surface area contributed by atoms with Gasteiger partial charge in [0.15, 0.2) is 0 Å². The lowest BCUT2D eigenvalue weighted by Crippen LogP contribution is -2.15. The molecule has 3 aromatic rings. The second kappa shape index (κ2) is 8.94. The Bertz CT molecular complexity index is 845. The number of ether oxygens (including phenoxy) is 2. The molecule has 6 heteroatoms. The molecule has 1 N–H and O–H groups in total. The number of amides is 1. The molecule has 0 atom stereocenters. The topological polar surface area (TPSA) is 64.6 Å². The van der Waals surface area contributed by atoms with Gasteiger partial charge in [-0.1, -0.05) is 36.4 Å². The zero-order valence-electron chi connectivity index (χ0n) is 13.9. The highest BCUT2D eigenvalue weighted by Gasteiger charge is 2.08. The third-order valence-corrected chi connectivity index (χ3v) is 4.29.